The van der Waals surface area contributed by atoms with Gasteiger partial charge in [-0.1, -0.05) is 72.9 Å². The first-order chi connectivity index (χ1) is 19.2. The van der Waals surface area contributed by atoms with Crippen molar-refractivity contribution in [1.29, 1.82) is 0 Å². The number of hydrogen-bond donors (Lipinski definition) is 2. The van der Waals surface area contributed by atoms with E-state index >= 15 is 0 Å². The van der Waals surface area contributed by atoms with Gasteiger partial charge in [-0.2, -0.15) is 0 Å². The highest BCUT2D eigenvalue weighted by molar-refractivity contribution is 5.87. The van der Waals surface area contributed by atoms with Crippen LogP contribution in [-0.4, -0.2) is 46.1 Å². The molecule has 0 unspecified atom stereocenters. The summed E-state index contributed by atoms with van der Waals surface area (Å²) in [7, 11) is 1.59. The van der Waals surface area contributed by atoms with Gasteiger partial charge in [-0.05, 0) is 53.0 Å². The van der Waals surface area contributed by atoms with E-state index in [0.717, 1.165) is 48.8 Å². The highest BCUT2D eigenvalue weighted by Crippen LogP contribution is 2.49. The summed E-state index contributed by atoms with van der Waals surface area (Å²) in [6.07, 6.45) is 6.36. The van der Waals surface area contributed by atoms with Crippen LogP contribution in [0.25, 0.3) is 0 Å². The van der Waals surface area contributed by atoms with Gasteiger partial charge in [0.2, 0.25) is 11.8 Å². The summed E-state index contributed by atoms with van der Waals surface area (Å²) < 4.78 is 19.7. The third-order valence-corrected chi connectivity index (χ3v) is 8.85. The quantitative estimate of drug-likeness (QED) is 0.410. The van der Waals surface area contributed by atoms with Crippen molar-refractivity contribution in [3.05, 3.63) is 59.0 Å². The number of benzene rings is 1. The van der Waals surface area contributed by atoms with E-state index in [4.69, 9.17) is 4.74 Å². The van der Waals surface area contributed by atoms with Crippen LogP contribution in [0.4, 0.5) is 4.39 Å². The lowest BCUT2D eigenvalue weighted by Crippen LogP contribution is -2.49. The molecule has 1 saturated heterocycles. The Morgan fingerprint density at radius 1 is 1.07 bits per heavy atom. The Balaban J connectivity index is 1.82. The number of methoxy groups -OCH3 is 1. The largest absolute Gasteiger partial charge is 0.481 e. The third kappa shape index (κ3) is 6.58. The maximum absolute atomic E-state index is 14.2. The van der Waals surface area contributed by atoms with Crippen LogP contribution in [0.1, 0.15) is 96.4 Å². The zero-order chi connectivity index (χ0) is 30.1. The molecule has 1 aromatic carbocycles. The Morgan fingerprint density at radius 3 is 2.24 bits per heavy atom. The molecule has 0 radical (unpaired) electrons. The molecular formula is C33H46FN3O4. The molecule has 8 heteroatoms. The minimum absolute atomic E-state index is 0.112. The summed E-state index contributed by atoms with van der Waals surface area (Å²) in [5.41, 5.74) is 2.05. The van der Waals surface area contributed by atoms with Crippen LogP contribution >= 0.6 is 0 Å². The zero-order valence-corrected chi connectivity index (χ0v) is 25.5. The Labute approximate surface area is 243 Å². The molecular weight excluding hydrogens is 521 g/mol. The molecule has 0 spiro atoms. The fraction of sp³-hybridized carbons (Fsp3) is 0.606. The maximum Gasteiger partial charge on any atom is 0.326 e. The molecule has 1 aromatic heterocycles. The first-order valence-corrected chi connectivity index (χ1v) is 14.8. The average Bonchev–Trinajstić information content (AvgIpc) is 3.27. The van der Waals surface area contributed by atoms with E-state index in [-0.39, 0.29) is 23.1 Å². The molecule has 41 heavy (non-hydrogen) atoms. The van der Waals surface area contributed by atoms with Crippen molar-refractivity contribution in [2.45, 2.75) is 104 Å². The second-order valence-corrected chi connectivity index (χ2v) is 13.8. The number of amides is 1. The van der Waals surface area contributed by atoms with Gasteiger partial charge in [0.25, 0.3) is 0 Å². The highest BCUT2D eigenvalue weighted by Gasteiger charge is 2.58. The first-order valence-electron chi connectivity index (χ1n) is 14.8. The van der Waals surface area contributed by atoms with E-state index in [0.29, 0.717) is 12.4 Å². The number of rotatable bonds is 7. The van der Waals surface area contributed by atoms with E-state index in [1.54, 1.807) is 24.1 Å². The number of pyridine rings is 1. The van der Waals surface area contributed by atoms with E-state index in [1.165, 1.54) is 12.1 Å². The molecule has 2 fully saturated rings. The number of nitrogens with one attached hydrogen (secondary N) is 1. The molecule has 1 saturated carbocycles. The molecule has 4 rings (SSSR count). The summed E-state index contributed by atoms with van der Waals surface area (Å²) in [6.45, 7) is 12.8. The van der Waals surface area contributed by atoms with Crippen molar-refractivity contribution >= 4 is 11.9 Å². The third-order valence-electron chi connectivity index (χ3n) is 8.85. The topological polar surface area (TPSA) is 91.8 Å². The zero-order valence-electron chi connectivity index (χ0n) is 25.5. The minimum Gasteiger partial charge on any atom is -0.481 e. The fourth-order valence-electron chi connectivity index (χ4n) is 6.74. The summed E-state index contributed by atoms with van der Waals surface area (Å²) in [5, 5.41) is 14.3. The summed E-state index contributed by atoms with van der Waals surface area (Å²) >= 11 is 0. The molecule has 0 bridgehead atoms. The van der Waals surface area contributed by atoms with Crippen molar-refractivity contribution in [2.75, 3.05) is 7.11 Å². The predicted molar refractivity (Wildman–Crippen MR) is 157 cm³/mol. The number of likely N-dealkylation sites (tertiary alicyclic amines) is 1. The van der Waals surface area contributed by atoms with Crippen LogP contribution in [0, 0.1) is 23.1 Å². The van der Waals surface area contributed by atoms with Crippen LogP contribution in [0.5, 0.6) is 5.88 Å². The van der Waals surface area contributed by atoms with Crippen molar-refractivity contribution in [1.82, 2.24) is 15.2 Å². The van der Waals surface area contributed by atoms with Crippen molar-refractivity contribution in [3.63, 3.8) is 0 Å². The van der Waals surface area contributed by atoms with Gasteiger partial charge in [0.1, 0.15) is 11.9 Å². The molecule has 1 amide bonds. The number of carbonyl (C=O) groups is 2. The van der Waals surface area contributed by atoms with Gasteiger partial charge in [-0.15, -0.1) is 0 Å². The Hall–Kier alpha value is -3.00. The number of aromatic nitrogens is 1. The van der Waals surface area contributed by atoms with Gasteiger partial charge in [-0.25, -0.2) is 14.2 Å². The van der Waals surface area contributed by atoms with Gasteiger partial charge in [0.05, 0.1) is 13.2 Å². The fourth-order valence-corrected chi connectivity index (χ4v) is 6.74. The molecule has 1 aliphatic heterocycles. The van der Waals surface area contributed by atoms with E-state index in [9.17, 15) is 19.1 Å². The van der Waals surface area contributed by atoms with Crippen LogP contribution in [-0.2, 0) is 21.5 Å². The molecule has 7 nitrogen and oxygen atoms in total. The van der Waals surface area contributed by atoms with Gasteiger partial charge in [-0.3, -0.25) is 4.79 Å². The molecule has 1 aliphatic carbocycles. The van der Waals surface area contributed by atoms with Gasteiger partial charge < -0.3 is 20.1 Å². The lowest BCUT2D eigenvalue weighted by atomic mass is 9.72. The van der Waals surface area contributed by atoms with E-state index < -0.39 is 35.4 Å². The minimum atomic E-state index is -1.03. The SMILES string of the molecule is COc1ncc(C(C)(C)C)cc1CN[C@H]1[C@H](C(C)(C)C)[C@@H](C(=O)O)N(C(=O)C2CCCCC2)[C@H]1c1ccc(F)cc1. The first kappa shape index (κ1) is 30.9. The van der Waals surface area contributed by atoms with Crippen LogP contribution in [0.15, 0.2) is 36.5 Å². The normalized spacial score (nSPS) is 24.0. The van der Waals surface area contributed by atoms with Gasteiger partial charge in [0.15, 0.2) is 0 Å². The monoisotopic (exact) mass is 567 g/mol. The number of hydrogen-bond acceptors (Lipinski definition) is 5. The summed E-state index contributed by atoms with van der Waals surface area (Å²) in [5.74, 6) is -1.64. The van der Waals surface area contributed by atoms with E-state index in [2.05, 4.69) is 37.1 Å². The second-order valence-electron chi connectivity index (χ2n) is 13.8. The van der Waals surface area contributed by atoms with Crippen molar-refractivity contribution in [3.8, 4) is 5.88 Å². The number of nitrogens with zero attached hydrogens (tertiary/aromatic N) is 2. The number of ether oxygens (including phenoxy) is 1. The van der Waals surface area contributed by atoms with Gasteiger partial charge >= 0.3 is 5.97 Å². The van der Waals surface area contributed by atoms with Crippen LogP contribution in [0.2, 0.25) is 0 Å². The maximum atomic E-state index is 14.2. The molecule has 2 aromatic rings. The van der Waals surface area contributed by atoms with E-state index in [1.807, 2.05) is 27.0 Å². The predicted octanol–water partition coefficient (Wildman–Crippen LogP) is 6.26. The van der Waals surface area contributed by atoms with Gasteiger partial charge in [0, 0.05) is 36.2 Å². The molecule has 2 heterocycles. The number of carboxylic acids is 1. The Morgan fingerprint density at radius 2 is 1.71 bits per heavy atom. The summed E-state index contributed by atoms with van der Waals surface area (Å²) in [6, 6.07) is 6.18. The van der Waals surface area contributed by atoms with Crippen LogP contribution < -0.4 is 10.1 Å². The number of carboxylic acid groups (broad SMARTS) is 1. The number of carbonyl (C=O) groups excluding carboxylic acids is 1. The second kappa shape index (κ2) is 12.1. The Kier molecular flexibility index (Phi) is 9.12. The highest BCUT2D eigenvalue weighted by atomic mass is 19.1. The summed E-state index contributed by atoms with van der Waals surface area (Å²) in [4.78, 5) is 33.5. The molecule has 224 valence electrons. The van der Waals surface area contributed by atoms with Crippen LogP contribution in [0.3, 0.4) is 0 Å². The molecule has 2 aliphatic rings. The average molecular weight is 568 g/mol. The number of aliphatic carboxylic acids is 1. The lowest BCUT2D eigenvalue weighted by Gasteiger charge is -2.36. The standard InChI is InChI=1S/C33H46FN3O4/c1-32(2,3)23-17-22(29(41-7)36-19-23)18-35-26-25(33(4,5)6)28(31(39)40)37(30(38)21-11-9-8-10-12-21)27(26)20-13-15-24(34)16-14-20/h13-17,19,21,25-28,35H,8-12,18H2,1-7H3,(H,39,40)/t25-,26-,27-,28-/m0/s1. The lowest BCUT2D eigenvalue weighted by molar-refractivity contribution is -0.154. The molecule has 2 N–H and O–H groups in total. The van der Waals surface area contributed by atoms with Crippen molar-refractivity contribution in [2.24, 2.45) is 17.3 Å². The Bertz CT molecular complexity index is 1230. The smallest absolute Gasteiger partial charge is 0.326 e. The number of halogens is 1. The molecule has 4 atom stereocenters. The van der Waals surface area contributed by atoms with Crippen molar-refractivity contribution < 1.29 is 23.8 Å².